The Morgan fingerprint density at radius 2 is 1.20 bits per heavy atom. The second kappa shape index (κ2) is 4.89. The monoisotopic (exact) mass is 208 g/mol. The number of hydrogen-bond donors (Lipinski definition) is 0. The van der Waals surface area contributed by atoms with Gasteiger partial charge in [-0.3, -0.25) is 0 Å². The fraction of sp³-hybridized carbons (Fsp3) is 1.00. The highest BCUT2D eigenvalue weighted by molar-refractivity contribution is 4.91. The summed E-state index contributed by atoms with van der Waals surface area (Å²) in [6.07, 6.45) is 15.1. The molecule has 2 aliphatic carbocycles. The third-order valence-electron chi connectivity index (χ3n) is 5.59. The fourth-order valence-electron chi connectivity index (χ4n) is 4.26. The second-order valence-corrected chi connectivity index (χ2v) is 6.18. The molecule has 0 nitrogen and oxygen atoms in total. The van der Waals surface area contributed by atoms with Crippen LogP contribution in [0.15, 0.2) is 0 Å². The zero-order valence-corrected chi connectivity index (χ0v) is 10.7. The Hall–Kier alpha value is 0. The first-order valence-electron chi connectivity index (χ1n) is 7.27. The average Bonchev–Trinajstić information content (AvgIpc) is 2.83. The van der Waals surface area contributed by atoms with E-state index in [1.54, 1.807) is 0 Å². The molecule has 0 heterocycles. The molecule has 0 aromatic heterocycles. The lowest BCUT2D eigenvalue weighted by atomic mass is 9.61. The Kier molecular flexibility index (Phi) is 3.74. The predicted octanol–water partition coefficient (Wildman–Crippen LogP) is 5.17. The van der Waals surface area contributed by atoms with Crippen molar-refractivity contribution < 1.29 is 0 Å². The second-order valence-electron chi connectivity index (χ2n) is 6.18. The Morgan fingerprint density at radius 3 is 1.60 bits per heavy atom. The third-order valence-corrected chi connectivity index (χ3v) is 5.59. The van der Waals surface area contributed by atoms with Crippen molar-refractivity contribution in [3.63, 3.8) is 0 Å². The quantitative estimate of drug-likeness (QED) is 0.600. The van der Waals surface area contributed by atoms with Crippen LogP contribution in [0.3, 0.4) is 0 Å². The Bertz CT molecular complexity index is 184. The molecular weight excluding hydrogens is 180 g/mol. The molecule has 0 radical (unpaired) electrons. The number of hydrogen-bond acceptors (Lipinski definition) is 0. The van der Waals surface area contributed by atoms with Gasteiger partial charge in [0, 0.05) is 0 Å². The topological polar surface area (TPSA) is 0 Å². The zero-order valence-electron chi connectivity index (χ0n) is 10.7. The van der Waals surface area contributed by atoms with E-state index in [1.165, 1.54) is 64.2 Å². The van der Waals surface area contributed by atoms with Crippen LogP contribution in [0, 0.1) is 17.3 Å². The van der Waals surface area contributed by atoms with E-state index in [-0.39, 0.29) is 0 Å². The molecule has 1 atom stereocenters. The van der Waals surface area contributed by atoms with Gasteiger partial charge < -0.3 is 0 Å². The minimum Gasteiger partial charge on any atom is -0.0648 e. The van der Waals surface area contributed by atoms with Crippen LogP contribution in [0.1, 0.15) is 78.1 Å². The van der Waals surface area contributed by atoms with E-state index < -0.39 is 0 Å². The van der Waals surface area contributed by atoms with E-state index in [9.17, 15) is 0 Å². The van der Waals surface area contributed by atoms with E-state index in [2.05, 4.69) is 13.8 Å². The summed E-state index contributed by atoms with van der Waals surface area (Å²) in [5, 5.41) is 0. The molecular formula is C15H28. The van der Waals surface area contributed by atoms with Crippen molar-refractivity contribution in [2.45, 2.75) is 78.1 Å². The maximum absolute atomic E-state index is 2.61. The maximum Gasteiger partial charge on any atom is -0.0272 e. The van der Waals surface area contributed by atoms with Crippen LogP contribution in [0.25, 0.3) is 0 Å². The van der Waals surface area contributed by atoms with Crippen molar-refractivity contribution in [1.29, 1.82) is 0 Å². The van der Waals surface area contributed by atoms with Crippen molar-refractivity contribution in [3.8, 4) is 0 Å². The molecule has 88 valence electrons. The van der Waals surface area contributed by atoms with E-state index in [0.29, 0.717) is 5.41 Å². The van der Waals surface area contributed by atoms with Crippen LogP contribution in [0.4, 0.5) is 0 Å². The largest absolute Gasteiger partial charge is 0.0648 e. The van der Waals surface area contributed by atoms with Gasteiger partial charge in [0.15, 0.2) is 0 Å². The summed E-state index contributed by atoms with van der Waals surface area (Å²) in [7, 11) is 0. The summed E-state index contributed by atoms with van der Waals surface area (Å²) < 4.78 is 0. The molecule has 0 heteroatoms. The lowest BCUT2D eigenvalue weighted by Gasteiger charge is -2.44. The lowest BCUT2D eigenvalue weighted by Crippen LogP contribution is -2.35. The first-order valence-corrected chi connectivity index (χ1v) is 7.27. The zero-order chi connectivity index (χ0) is 10.7. The van der Waals surface area contributed by atoms with Crippen molar-refractivity contribution >= 4 is 0 Å². The van der Waals surface area contributed by atoms with Gasteiger partial charge in [0.25, 0.3) is 0 Å². The van der Waals surface area contributed by atoms with Crippen molar-refractivity contribution in [2.24, 2.45) is 17.3 Å². The Labute approximate surface area is 95.8 Å². The van der Waals surface area contributed by atoms with E-state index in [0.717, 1.165) is 11.8 Å². The standard InChI is InChI=1S/C15H28/c1-3-15(2,14-11-7-8-12-14)13-9-5-4-6-10-13/h13-14H,3-12H2,1-2H3. The predicted molar refractivity (Wildman–Crippen MR) is 66.9 cm³/mol. The lowest BCUT2D eigenvalue weighted by molar-refractivity contribution is 0.0606. The van der Waals surface area contributed by atoms with Crippen LogP contribution in [-0.2, 0) is 0 Å². The molecule has 0 saturated heterocycles. The molecule has 0 amide bonds. The summed E-state index contributed by atoms with van der Waals surface area (Å²) in [6, 6.07) is 0. The molecule has 0 aromatic rings. The van der Waals surface area contributed by atoms with Gasteiger partial charge in [-0.2, -0.15) is 0 Å². The molecule has 0 spiro atoms. The SMILES string of the molecule is CCC(C)(C1CCCCC1)C1CCCC1. The summed E-state index contributed by atoms with van der Waals surface area (Å²) in [5.41, 5.74) is 0.691. The van der Waals surface area contributed by atoms with Gasteiger partial charge in [-0.15, -0.1) is 0 Å². The van der Waals surface area contributed by atoms with E-state index in [1.807, 2.05) is 0 Å². The van der Waals surface area contributed by atoms with Gasteiger partial charge >= 0.3 is 0 Å². The third kappa shape index (κ3) is 2.24. The minimum atomic E-state index is 0.691. The van der Waals surface area contributed by atoms with Gasteiger partial charge in [-0.05, 0) is 42.9 Å². The number of rotatable bonds is 3. The van der Waals surface area contributed by atoms with Gasteiger partial charge in [0.05, 0.1) is 0 Å². The highest BCUT2D eigenvalue weighted by Gasteiger charge is 2.40. The smallest absolute Gasteiger partial charge is 0.0272 e. The Morgan fingerprint density at radius 1 is 0.800 bits per heavy atom. The van der Waals surface area contributed by atoms with E-state index >= 15 is 0 Å². The van der Waals surface area contributed by atoms with Gasteiger partial charge in [-0.1, -0.05) is 52.4 Å². The van der Waals surface area contributed by atoms with Crippen molar-refractivity contribution in [2.75, 3.05) is 0 Å². The van der Waals surface area contributed by atoms with Crippen LogP contribution in [0.2, 0.25) is 0 Å². The first-order chi connectivity index (χ1) is 7.27. The molecule has 0 aliphatic heterocycles. The van der Waals surface area contributed by atoms with Crippen LogP contribution in [0.5, 0.6) is 0 Å². The molecule has 2 fully saturated rings. The molecule has 2 aliphatic rings. The van der Waals surface area contributed by atoms with Crippen LogP contribution >= 0.6 is 0 Å². The normalized spacial score (nSPS) is 29.2. The molecule has 2 saturated carbocycles. The highest BCUT2D eigenvalue weighted by atomic mass is 14.5. The van der Waals surface area contributed by atoms with Crippen LogP contribution in [-0.4, -0.2) is 0 Å². The summed E-state index contributed by atoms with van der Waals surface area (Å²) >= 11 is 0. The van der Waals surface area contributed by atoms with Gasteiger partial charge in [-0.25, -0.2) is 0 Å². The van der Waals surface area contributed by atoms with Gasteiger partial charge in [0.2, 0.25) is 0 Å². The van der Waals surface area contributed by atoms with E-state index in [4.69, 9.17) is 0 Å². The fourth-order valence-corrected chi connectivity index (χ4v) is 4.26. The highest BCUT2D eigenvalue weighted by Crippen LogP contribution is 2.51. The first kappa shape index (κ1) is 11.5. The summed E-state index contributed by atoms with van der Waals surface area (Å²) in [4.78, 5) is 0. The Balaban J connectivity index is 2.04. The average molecular weight is 208 g/mol. The summed E-state index contributed by atoms with van der Waals surface area (Å²) in [5.74, 6) is 2.12. The minimum absolute atomic E-state index is 0.691. The molecule has 0 aromatic carbocycles. The van der Waals surface area contributed by atoms with Crippen LogP contribution < -0.4 is 0 Å². The maximum atomic E-state index is 2.61. The van der Waals surface area contributed by atoms with Crippen molar-refractivity contribution in [1.82, 2.24) is 0 Å². The molecule has 1 unspecified atom stereocenters. The summed E-state index contributed by atoms with van der Waals surface area (Å²) in [6.45, 7) is 5.05. The molecule has 15 heavy (non-hydrogen) atoms. The molecule has 0 bridgehead atoms. The molecule has 2 rings (SSSR count). The molecule has 0 N–H and O–H groups in total. The van der Waals surface area contributed by atoms with Crippen molar-refractivity contribution in [3.05, 3.63) is 0 Å². The van der Waals surface area contributed by atoms with Gasteiger partial charge in [0.1, 0.15) is 0 Å².